The summed E-state index contributed by atoms with van der Waals surface area (Å²) in [5.41, 5.74) is 2.04. The number of hydrogen-bond acceptors (Lipinski definition) is 6. The lowest BCUT2D eigenvalue weighted by atomic mass is 9.88. The predicted molar refractivity (Wildman–Crippen MR) is 123 cm³/mol. The maximum absolute atomic E-state index is 13.5. The van der Waals surface area contributed by atoms with E-state index in [0.29, 0.717) is 24.6 Å². The fourth-order valence-corrected chi connectivity index (χ4v) is 4.51. The lowest BCUT2D eigenvalue weighted by molar-refractivity contribution is -0.124. The third-order valence-electron chi connectivity index (χ3n) is 6.33. The van der Waals surface area contributed by atoms with Crippen molar-refractivity contribution in [3.05, 3.63) is 71.8 Å². The molecule has 3 atom stereocenters. The number of halogens is 1. The van der Waals surface area contributed by atoms with Crippen LogP contribution in [0.5, 0.6) is 5.75 Å². The minimum Gasteiger partial charge on any atom is -0.495 e. The van der Waals surface area contributed by atoms with Crippen molar-refractivity contribution >= 4 is 11.9 Å². The number of methoxy groups -OCH3 is 1. The molecule has 8 heteroatoms. The van der Waals surface area contributed by atoms with Crippen LogP contribution in [0.4, 0.5) is 4.39 Å². The average Bonchev–Trinajstić information content (AvgIpc) is 3.38. The smallest absolute Gasteiger partial charge is 0.215 e. The van der Waals surface area contributed by atoms with Crippen LogP contribution in [-0.2, 0) is 9.57 Å². The quantitative estimate of drug-likeness (QED) is 0.673. The molecule has 0 bridgehead atoms. The lowest BCUT2D eigenvalue weighted by Crippen LogP contribution is -2.56. The molecule has 1 fully saturated rings. The number of benzene rings is 1. The van der Waals surface area contributed by atoms with Crippen LogP contribution in [0.2, 0.25) is 0 Å². The molecule has 1 aromatic carbocycles. The number of allylic oxidation sites excluding steroid dienone is 3. The monoisotopic (exact) mass is 450 g/mol. The van der Waals surface area contributed by atoms with Crippen LogP contribution < -0.4 is 4.74 Å². The first kappa shape index (κ1) is 21.3. The van der Waals surface area contributed by atoms with Gasteiger partial charge < -0.3 is 23.8 Å². The van der Waals surface area contributed by atoms with Crippen molar-refractivity contribution in [1.82, 2.24) is 14.5 Å². The van der Waals surface area contributed by atoms with Gasteiger partial charge in [0.1, 0.15) is 17.7 Å². The van der Waals surface area contributed by atoms with Crippen molar-refractivity contribution in [3.63, 3.8) is 0 Å². The van der Waals surface area contributed by atoms with Gasteiger partial charge in [-0.25, -0.2) is 9.37 Å². The molecular formula is C25H27FN4O3. The van der Waals surface area contributed by atoms with E-state index in [2.05, 4.69) is 15.0 Å². The van der Waals surface area contributed by atoms with E-state index in [4.69, 9.17) is 14.3 Å². The Balaban J connectivity index is 1.45. The maximum Gasteiger partial charge on any atom is 0.215 e. The molecule has 0 radical (unpaired) electrons. The van der Waals surface area contributed by atoms with Crippen molar-refractivity contribution < 1.29 is 18.7 Å². The van der Waals surface area contributed by atoms with Gasteiger partial charge in [0, 0.05) is 12.1 Å². The van der Waals surface area contributed by atoms with Gasteiger partial charge in [-0.3, -0.25) is 0 Å². The third kappa shape index (κ3) is 3.79. The molecule has 0 saturated carbocycles. The van der Waals surface area contributed by atoms with Crippen molar-refractivity contribution in [2.45, 2.75) is 39.0 Å². The van der Waals surface area contributed by atoms with Crippen LogP contribution in [0.3, 0.4) is 0 Å². The summed E-state index contributed by atoms with van der Waals surface area (Å²) in [6.45, 7) is 6.59. The van der Waals surface area contributed by atoms with Gasteiger partial charge in [-0.2, -0.15) is 0 Å². The normalized spacial score (nSPS) is 27.5. The fourth-order valence-electron chi connectivity index (χ4n) is 4.51. The van der Waals surface area contributed by atoms with Crippen molar-refractivity contribution in [3.8, 4) is 11.4 Å². The van der Waals surface area contributed by atoms with E-state index < -0.39 is 5.72 Å². The molecule has 5 rings (SSSR count). The summed E-state index contributed by atoms with van der Waals surface area (Å²) in [5.74, 6) is 1.76. The van der Waals surface area contributed by atoms with Crippen LogP contribution in [-0.4, -0.2) is 45.8 Å². The minimum absolute atomic E-state index is 0.0252. The molecule has 2 aromatic rings. The van der Waals surface area contributed by atoms with Gasteiger partial charge in [-0.05, 0) is 63.1 Å². The average molecular weight is 451 g/mol. The van der Waals surface area contributed by atoms with Crippen molar-refractivity contribution in [2.75, 3.05) is 13.7 Å². The number of aromatic nitrogens is 2. The van der Waals surface area contributed by atoms with Crippen LogP contribution in [0.1, 0.15) is 31.5 Å². The molecule has 1 aromatic heterocycles. The summed E-state index contributed by atoms with van der Waals surface area (Å²) in [4.78, 5) is 12.4. The Morgan fingerprint density at radius 2 is 2.18 bits per heavy atom. The zero-order chi connectivity index (χ0) is 23.2. The number of oxime groups is 1. The zero-order valence-electron chi connectivity index (χ0n) is 19.2. The lowest BCUT2D eigenvalue weighted by Gasteiger charge is -2.43. The summed E-state index contributed by atoms with van der Waals surface area (Å²) in [6.07, 6.45) is 11.1. The second-order valence-electron chi connectivity index (χ2n) is 8.75. The standard InChI is InChI=1S/C25H27FN4O3/c1-16-13-29(15-27-16)21-10-5-18(11-22(21)31-4)12-23-24-28-33-25(3,30(24)14-17(2)32-23)19-6-8-20(26)9-7-19/h5-6,8-13,15,17,19H,7,14H2,1-4H3/b23-12+/t17-,19?,25+/m0/s1. The van der Waals surface area contributed by atoms with E-state index in [-0.39, 0.29) is 17.8 Å². The Kier molecular flexibility index (Phi) is 5.23. The first-order chi connectivity index (χ1) is 15.9. The molecule has 172 valence electrons. The van der Waals surface area contributed by atoms with Gasteiger partial charge in [0.05, 0.1) is 31.4 Å². The Morgan fingerprint density at radius 3 is 2.88 bits per heavy atom. The van der Waals surface area contributed by atoms with Gasteiger partial charge in [-0.1, -0.05) is 17.3 Å². The summed E-state index contributed by atoms with van der Waals surface area (Å²) in [5, 5.41) is 4.38. The highest BCUT2D eigenvalue weighted by Crippen LogP contribution is 2.41. The predicted octanol–water partition coefficient (Wildman–Crippen LogP) is 4.74. The van der Waals surface area contributed by atoms with Crippen LogP contribution >= 0.6 is 0 Å². The topological polar surface area (TPSA) is 61.1 Å². The second kappa shape index (κ2) is 8.10. The molecule has 3 aliphatic rings. The van der Waals surface area contributed by atoms with E-state index >= 15 is 0 Å². The number of amidine groups is 1. The molecule has 33 heavy (non-hydrogen) atoms. The SMILES string of the molecule is COc1cc(/C=C2/O[C@@H](C)CN3C2=NO[C@]3(C)C2C=CC(F)=CC2)ccc1-n1cnc(C)c1. The summed E-state index contributed by atoms with van der Waals surface area (Å²) in [6, 6.07) is 5.94. The third-order valence-corrected chi connectivity index (χ3v) is 6.33. The van der Waals surface area contributed by atoms with Gasteiger partial charge in [0.2, 0.25) is 11.6 Å². The molecule has 3 heterocycles. The van der Waals surface area contributed by atoms with Gasteiger partial charge >= 0.3 is 0 Å². The number of rotatable bonds is 4. The number of imidazole rings is 1. The van der Waals surface area contributed by atoms with Crippen LogP contribution in [0.15, 0.2) is 65.7 Å². The number of nitrogens with zero attached hydrogens (tertiary/aromatic N) is 4. The summed E-state index contributed by atoms with van der Waals surface area (Å²) >= 11 is 0. The van der Waals surface area contributed by atoms with Crippen molar-refractivity contribution in [2.24, 2.45) is 11.1 Å². The van der Waals surface area contributed by atoms with E-state index in [0.717, 1.165) is 22.7 Å². The largest absolute Gasteiger partial charge is 0.495 e. The second-order valence-corrected chi connectivity index (χ2v) is 8.75. The van der Waals surface area contributed by atoms with Crippen molar-refractivity contribution in [1.29, 1.82) is 0 Å². The van der Waals surface area contributed by atoms with Gasteiger partial charge in [0.15, 0.2) is 5.76 Å². The van der Waals surface area contributed by atoms with E-state index in [1.165, 1.54) is 6.08 Å². The number of hydrogen-bond donors (Lipinski definition) is 0. The molecule has 1 unspecified atom stereocenters. The van der Waals surface area contributed by atoms with Crippen LogP contribution in [0.25, 0.3) is 11.8 Å². The molecule has 1 saturated heterocycles. The first-order valence-electron chi connectivity index (χ1n) is 11.0. The molecular weight excluding hydrogens is 423 g/mol. The Labute approximate surface area is 192 Å². The van der Waals surface area contributed by atoms with Gasteiger partial charge in [-0.15, -0.1) is 0 Å². The van der Waals surface area contributed by atoms with E-state index in [9.17, 15) is 4.39 Å². The number of ether oxygens (including phenoxy) is 2. The molecule has 7 nitrogen and oxygen atoms in total. The summed E-state index contributed by atoms with van der Waals surface area (Å²) in [7, 11) is 1.65. The Morgan fingerprint density at radius 1 is 1.33 bits per heavy atom. The number of aryl methyl sites for hydroxylation is 1. The van der Waals surface area contributed by atoms with Crippen LogP contribution in [0, 0.1) is 12.8 Å². The molecule has 0 spiro atoms. The minimum atomic E-state index is -0.707. The van der Waals surface area contributed by atoms with Gasteiger partial charge in [0.25, 0.3) is 0 Å². The molecule has 0 amide bonds. The number of fused-ring (bicyclic) bond motifs is 1. The Hall–Kier alpha value is -3.55. The highest BCUT2D eigenvalue weighted by molar-refractivity contribution is 6.01. The maximum atomic E-state index is 13.5. The molecule has 0 N–H and O–H groups in total. The fraction of sp³-hybridized carbons (Fsp3) is 0.360. The first-order valence-corrected chi connectivity index (χ1v) is 11.0. The molecule has 2 aliphatic heterocycles. The molecule has 1 aliphatic carbocycles. The number of morpholine rings is 1. The highest BCUT2D eigenvalue weighted by Gasteiger charge is 2.51. The zero-order valence-corrected chi connectivity index (χ0v) is 19.2. The summed E-state index contributed by atoms with van der Waals surface area (Å²) < 4.78 is 27.2. The highest BCUT2D eigenvalue weighted by atomic mass is 19.1. The Bertz CT molecular complexity index is 1200. The van der Waals surface area contributed by atoms with E-state index in [1.54, 1.807) is 19.5 Å². The van der Waals surface area contributed by atoms with E-state index in [1.807, 2.05) is 61.9 Å².